The lowest BCUT2D eigenvalue weighted by molar-refractivity contribution is 0.0955. The molecule has 0 aliphatic rings. The van der Waals surface area contributed by atoms with Crippen LogP contribution in [0.2, 0.25) is 0 Å². The van der Waals surface area contributed by atoms with Gasteiger partial charge in [-0.25, -0.2) is 0 Å². The summed E-state index contributed by atoms with van der Waals surface area (Å²) < 4.78 is 0. The number of rotatable bonds is 4. The van der Waals surface area contributed by atoms with Crippen molar-refractivity contribution < 1.29 is 10.0 Å². The molecule has 0 atom stereocenters. The Morgan fingerprint density at radius 1 is 1.37 bits per heavy atom. The molecule has 19 heavy (non-hydrogen) atoms. The van der Waals surface area contributed by atoms with Crippen LogP contribution in [-0.2, 0) is 6.54 Å². The minimum atomic E-state index is -0.107. The zero-order chi connectivity index (χ0) is 13.7. The van der Waals surface area contributed by atoms with Gasteiger partial charge in [-0.05, 0) is 23.1 Å². The Kier molecular flexibility index (Phi) is 4.15. The quantitative estimate of drug-likeness (QED) is 0.344. The van der Waals surface area contributed by atoms with Gasteiger partial charge in [0.1, 0.15) is 0 Å². The molecule has 1 aromatic heterocycles. The van der Waals surface area contributed by atoms with E-state index in [4.69, 9.17) is 10.9 Å². The van der Waals surface area contributed by atoms with E-state index in [0.717, 1.165) is 5.56 Å². The van der Waals surface area contributed by atoms with E-state index in [2.05, 4.69) is 10.5 Å². The van der Waals surface area contributed by atoms with Crippen molar-refractivity contribution >= 4 is 23.1 Å². The molecule has 0 aliphatic carbocycles. The number of thiophene rings is 1. The molecular weight excluding hydrogens is 262 g/mol. The number of carbonyl (C=O) groups excluding carboxylic acids is 1. The number of benzene rings is 1. The molecule has 1 heterocycles. The van der Waals surface area contributed by atoms with Crippen LogP contribution in [0.1, 0.15) is 20.8 Å². The molecule has 0 bridgehead atoms. The third-order valence-electron chi connectivity index (χ3n) is 2.53. The predicted molar refractivity (Wildman–Crippen MR) is 74.4 cm³/mol. The summed E-state index contributed by atoms with van der Waals surface area (Å²) in [5, 5.41) is 16.2. The topological polar surface area (TPSA) is 87.7 Å². The molecule has 98 valence electrons. The Morgan fingerprint density at radius 3 is 2.89 bits per heavy atom. The van der Waals surface area contributed by atoms with E-state index in [0.29, 0.717) is 17.0 Å². The van der Waals surface area contributed by atoms with Crippen molar-refractivity contribution in [2.75, 3.05) is 0 Å². The second kappa shape index (κ2) is 6.01. The van der Waals surface area contributed by atoms with Gasteiger partial charge in [-0.1, -0.05) is 29.4 Å². The molecule has 0 radical (unpaired) electrons. The van der Waals surface area contributed by atoms with Gasteiger partial charge in [-0.2, -0.15) is 0 Å². The highest BCUT2D eigenvalue weighted by atomic mass is 32.1. The number of carbonyl (C=O) groups is 1. The summed E-state index contributed by atoms with van der Waals surface area (Å²) in [5.41, 5.74) is 7.01. The number of hydrogen-bond donors (Lipinski definition) is 3. The van der Waals surface area contributed by atoms with Crippen LogP contribution in [0.5, 0.6) is 0 Å². The van der Waals surface area contributed by atoms with Crippen molar-refractivity contribution in [3.63, 3.8) is 0 Å². The van der Waals surface area contributed by atoms with Crippen molar-refractivity contribution in [2.24, 2.45) is 10.9 Å². The monoisotopic (exact) mass is 275 g/mol. The van der Waals surface area contributed by atoms with Crippen molar-refractivity contribution in [3.05, 3.63) is 57.8 Å². The first-order valence-electron chi connectivity index (χ1n) is 5.59. The zero-order valence-corrected chi connectivity index (χ0v) is 10.9. The normalized spacial score (nSPS) is 11.3. The minimum Gasteiger partial charge on any atom is -0.409 e. The molecule has 6 heteroatoms. The third-order valence-corrected chi connectivity index (χ3v) is 3.40. The van der Waals surface area contributed by atoms with Crippen LogP contribution in [-0.4, -0.2) is 17.0 Å². The third kappa shape index (κ3) is 3.32. The lowest BCUT2D eigenvalue weighted by atomic mass is 10.1. The summed E-state index contributed by atoms with van der Waals surface area (Å²) in [6, 6.07) is 10.8. The number of nitrogens with two attached hydrogens (primary N) is 1. The van der Waals surface area contributed by atoms with E-state index in [1.54, 1.807) is 24.3 Å². The van der Waals surface area contributed by atoms with Crippen LogP contribution < -0.4 is 11.1 Å². The van der Waals surface area contributed by atoms with Crippen molar-refractivity contribution in [1.82, 2.24) is 5.32 Å². The van der Waals surface area contributed by atoms with E-state index in [9.17, 15) is 4.79 Å². The van der Waals surface area contributed by atoms with Crippen molar-refractivity contribution in [1.29, 1.82) is 0 Å². The average Bonchev–Trinajstić information content (AvgIpc) is 2.98. The van der Waals surface area contributed by atoms with Gasteiger partial charge in [0.05, 0.1) is 4.88 Å². The first-order valence-corrected chi connectivity index (χ1v) is 6.47. The highest BCUT2D eigenvalue weighted by Gasteiger charge is 2.06. The molecule has 0 fully saturated rings. The largest absolute Gasteiger partial charge is 0.409 e. The maximum absolute atomic E-state index is 11.8. The van der Waals surface area contributed by atoms with Crippen LogP contribution in [0.25, 0.3) is 0 Å². The van der Waals surface area contributed by atoms with Gasteiger partial charge in [0.15, 0.2) is 5.84 Å². The predicted octanol–water partition coefficient (Wildman–Crippen LogP) is 1.77. The number of hydrogen-bond acceptors (Lipinski definition) is 4. The zero-order valence-electron chi connectivity index (χ0n) is 10.0. The van der Waals surface area contributed by atoms with E-state index >= 15 is 0 Å². The molecule has 1 aromatic carbocycles. The van der Waals surface area contributed by atoms with Gasteiger partial charge in [-0.3, -0.25) is 4.79 Å². The van der Waals surface area contributed by atoms with Crippen LogP contribution in [0, 0.1) is 0 Å². The van der Waals surface area contributed by atoms with Gasteiger partial charge in [0.25, 0.3) is 5.91 Å². The number of oxime groups is 1. The van der Waals surface area contributed by atoms with Crippen LogP contribution >= 0.6 is 11.3 Å². The Labute approximate surface area is 114 Å². The first-order chi connectivity index (χ1) is 9.20. The fraction of sp³-hybridized carbons (Fsp3) is 0.0769. The second-order valence-corrected chi connectivity index (χ2v) is 4.79. The lowest BCUT2D eigenvalue weighted by Gasteiger charge is -2.05. The van der Waals surface area contributed by atoms with E-state index in [1.807, 2.05) is 17.5 Å². The van der Waals surface area contributed by atoms with Gasteiger partial charge in [-0.15, -0.1) is 11.3 Å². The number of nitrogens with zero attached hydrogens (tertiary/aromatic N) is 1. The first kappa shape index (κ1) is 13.1. The minimum absolute atomic E-state index is 0.0476. The number of amidine groups is 1. The lowest BCUT2D eigenvalue weighted by Crippen LogP contribution is -2.22. The summed E-state index contributed by atoms with van der Waals surface area (Å²) in [5.74, 6) is -0.0596. The highest BCUT2D eigenvalue weighted by Crippen LogP contribution is 2.09. The van der Waals surface area contributed by atoms with Crippen LogP contribution in [0.3, 0.4) is 0 Å². The summed E-state index contributed by atoms with van der Waals surface area (Å²) in [7, 11) is 0. The maximum atomic E-state index is 11.8. The molecule has 2 aromatic rings. The van der Waals surface area contributed by atoms with Gasteiger partial charge >= 0.3 is 0 Å². The summed E-state index contributed by atoms with van der Waals surface area (Å²) in [6.07, 6.45) is 0. The second-order valence-electron chi connectivity index (χ2n) is 3.85. The van der Waals surface area contributed by atoms with Crippen molar-refractivity contribution in [3.8, 4) is 0 Å². The van der Waals surface area contributed by atoms with Gasteiger partial charge in [0, 0.05) is 12.1 Å². The Bertz CT molecular complexity index is 594. The standard InChI is InChI=1S/C13H13N3O2S/c14-12(16-18)10-4-1-3-9(7-10)8-15-13(17)11-5-2-6-19-11/h1-7,18H,8H2,(H2,14,16)(H,15,17). The molecule has 5 nitrogen and oxygen atoms in total. The van der Waals surface area contributed by atoms with Crippen molar-refractivity contribution in [2.45, 2.75) is 6.54 Å². The van der Waals surface area contributed by atoms with Gasteiger partial charge < -0.3 is 16.3 Å². The number of amides is 1. The fourth-order valence-electron chi connectivity index (χ4n) is 1.58. The number of nitrogens with one attached hydrogen (secondary N) is 1. The molecule has 0 saturated heterocycles. The van der Waals surface area contributed by atoms with E-state index < -0.39 is 0 Å². The molecule has 0 spiro atoms. The Balaban J connectivity index is 2.02. The average molecular weight is 275 g/mol. The Morgan fingerprint density at radius 2 is 2.21 bits per heavy atom. The summed E-state index contributed by atoms with van der Waals surface area (Å²) in [6.45, 7) is 0.392. The molecule has 0 aliphatic heterocycles. The smallest absolute Gasteiger partial charge is 0.261 e. The molecular formula is C13H13N3O2S. The SMILES string of the molecule is NC(=NO)c1cccc(CNC(=O)c2cccs2)c1. The fourth-order valence-corrected chi connectivity index (χ4v) is 2.22. The molecule has 2 rings (SSSR count). The van der Waals surface area contributed by atoms with Crippen LogP contribution in [0.4, 0.5) is 0 Å². The molecule has 4 N–H and O–H groups in total. The van der Waals surface area contributed by atoms with Crippen LogP contribution in [0.15, 0.2) is 46.9 Å². The van der Waals surface area contributed by atoms with E-state index in [1.165, 1.54) is 11.3 Å². The molecule has 0 saturated carbocycles. The summed E-state index contributed by atoms with van der Waals surface area (Å²) in [4.78, 5) is 12.4. The molecule has 0 unspecified atom stereocenters. The Hall–Kier alpha value is -2.34. The molecule has 1 amide bonds. The highest BCUT2D eigenvalue weighted by molar-refractivity contribution is 7.12. The summed E-state index contributed by atoms with van der Waals surface area (Å²) >= 11 is 1.39. The maximum Gasteiger partial charge on any atom is 0.261 e. The van der Waals surface area contributed by atoms with E-state index in [-0.39, 0.29) is 11.7 Å². The van der Waals surface area contributed by atoms with Gasteiger partial charge in [0.2, 0.25) is 0 Å².